The smallest absolute Gasteiger partial charge is 0.191 e. The number of rotatable bonds is 5. The van der Waals surface area contributed by atoms with Gasteiger partial charge in [-0.25, -0.2) is 8.78 Å². The number of benzene rings is 1. The Morgan fingerprint density at radius 3 is 2.38 bits per heavy atom. The summed E-state index contributed by atoms with van der Waals surface area (Å²) in [5, 5.41) is 0. The zero-order valence-corrected chi connectivity index (χ0v) is 9.30. The number of carbonyl (C=O) groups is 1. The molecule has 0 heterocycles. The van der Waals surface area contributed by atoms with Gasteiger partial charge in [0.1, 0.15) is 6.29 Å². The van der Waals surface area contributed by atoms with Crippen molar-refractivity contribution in [1.29, 1.82) is 0 Å². The zero-order valence-electron chi connectivity index (χ0n) is 9.30. The van der Waals surface area contributed by atoms with Gasteiger partial charge in [-0.05, 0) is 25.5 Å². The number of hydrogen-bond acceptors (Lipinski definition) is 2. The van der Waals surface area contributed by atoms with E-state index in [2.05, 4.69) is 0 Å². The van der Waals surface area contributed by atoms with E-state index in [4.69, 9.17) is 4.74 Å². The lowest BCUT2D eigenvalue weighted by atomic mass is 10.2. The molecule has 1 unspecified atom stereocenters. The average molecular weight is 228 g/mol. The minimum Gasteiger partial charge on any atom is -0.485 e. The van der Waals surface area contributed by atoms with Crippen LogP contribution in [0.1, 0.15) is 37.0 Å². The Morgan fingerprint density at radius 2 is 1.94 bits per heavy atom. The normalized spacial score (nSPS) is 12.2. The van der Waals surface area contributed by atoms with Crippen LogP contribution in [-0.4, -0.2) is 12.4 Å². The number of ether oxygens (including phenoxy) is 1. The quantitative estimate of drug-likeness (QED) is 0.722. The SMILES string of the molecule is CCCC(C)Oc1c(F)cc(C=O)cc1F. The van der Waals surface area contributed by atoms with Crippen molar-refractivity contribution >= 4 is 6.29 Å². The maximum absolute atomic E-state index is 13.4. The van der Waals surface area contributed by atoms with Crippen LogP contribution in [0.15, 0.2) is 12.1 Å². The topological polar surface area (TPSA) is 26.3 Å². The minimum atomic E-state index is -0.843. The molecule has 0 aliphatic carbocycles. The first-order valence-corrected chi connectivity index (χ1v) is 5.19. The van der Waals surface area contributed by atoms with Gasteiger partial charge in [0, 0.05) is 5.56 Å². The van der Waals surface area contributed by atoms with Gasteiger partial charge in [-0.3, -0.25) is 4.79 Å². The fourth-order valence-electron chi connectivity index (χ4n) is 1.43. The Kier molecular flexibility index (Phi) is 4.40. The van der Waals surface area contributed by atoms with Gasteiger partial charge in [0.25, 0.3) is 0 Å². The number of hydrogen-bond donors (Lipinski definition) is 0. The summed E-state index contributed by atoms with van der Waals surface area (Å²) < 4.78 is 31.9. The van der Waals surface area contributed by atoms with Crippen LogP contribution in [0.25, 0.3) is 0 Å². The summed E-state index contributed by atoms with van der Waals surface area (Å²) in [4.78, 5) is 10.4. The van der Waals surface area contributed by atoms with E-state index in [1.165, 1.54) is 0 Å². The van der Waals surface area contributed by atoms with Gasteiger partial charge in [-0.15, -0.1) is 0 Å². The van der Waals surface area contributed by atoms with Crippen LogP contribution in [0.5, 0.6) is 5.75 Å². The molecule has 1 aromatic rings. The lowest BCUT2D eigenvalue weighted by molar-refractivity contribution is 0.112. The predicted molar refractivity (Wildman–Crippen MR) is 56.7 cm³/mol. The number of aldehydes is 1. The van der Waals surface area contributed by atoms with Crippen molar-refractivity contribution in [1.82, 2.24) is 0 Å². The number of carbonyl (C=O) groups excluding carboxylic acids is 1. The molecular weight excluding hydrogens is 214 g/mol. The number of halogens is 2. The molecule has 2 nitrogen and oxygen atoms in total. The Hall–Kier alpha value is -1.45. The Labute approximate surface area is 93.2 Å². The van der Waals surface area contributed by atoms with Crippen molar-refractivity contribution in [3.05, 3.63) is 29.3 Å². The fourth-order valence-corrected chi connectivity index (χ4v) is 1.43. The van der Waals surface area contributed by atoms with Crippen molar-refractivity contribution < 1.29 is 18.3 Å². The van der Waals surface area contributed by atoms with Gasteiger partial charge in [-0.1, -0.05) is 13.3 Å². The van der Waals surface area contributed by atoms with E-state index >= 15 is 0 Å². The van der Waals surface area contributed by atoms with Crippen molar-refractivity contribution in [2.24, 2.45) is 0 Å². The second-order valence-corrected chi connectivity index (χ2v) is 3.65. The lowest BCUT2D eigenvalue weighted by Gasteiger charge is -2.15. The van der Waals surface area contributed by atoms with E-state index in [1.54, 1.807) is 6.92 Å². The van der Waals surface area contributed by atoms with Gasteiger partial charge < -0.3 is 4.74 Å². The molecule has 0 radical (unpaired) electrons. The molecule has 88 valence electrons. The van der Waals surface area contributed by atoms with Gasteiger partial charge in [-0.2, -0.15) is 0 Å². The Balaban J connectivity index is 2.92. The van der Waals surface area contributed by atoms with Crippen LogP contribution in [0.2, 0.25) is 0 Å². The van der Waals surface area contributed by atoms with Crippen molar-refractivity contribution in [2.75, 3.05) is 0 Å². The first-order chi connectivity index (χ1) is 7.58. The fraction of sp³-hybridized carbons (Fsp3) is 0.417. The first kappa shape index (κ1) is 12.6. The largest absolute Gasteiger partial charge is 0.485 e. The highest BCUT2D eigenvalue weighted by Crippen LogP contribution is 2.24. The molecule has 0 amide bonds. The van der Waals surface area contributed by atoms with Crippen molar-refractivity contribution in [3.63, 3.8) is 0 Å². The van der Waals surface area contributed by atoms with E-state index in [-0.39, 0.29) is 11.7 Å². The molecule has 0 aliphatic rings. The monoisotopic (exact) mass is 228 g/mol. The maximum Gasteiger partial charge on any atom is 0.191 e. The van der Waals surface area contributed by atoms with Crippen LogP contribution in [-0.2, 0) is 0 Å². The van der Waals surface area contributed by atoms with E-state index in [0.29, 0.717) is 12.7 Å². The predicted octanol–water partition coefficient (Wildman–Crippen LogP) is 3.34. The Morgan fingerprint density at radius 1 is 1.38 bits per heavy atom. The average Bonchev–Trinajstić information content (AvgIpc) is 2.23. The molecule has 4 heteroatoms. The zero-order chi connectivity index (χ0) is 12.1. The molecular formula is C12H14F2O2. The van der Waals surface area contributed by atoms with Crippen LogP contribution < -0.4 is 4.74 Å². The molecule has 0 aliphatic heterocycles. The van der Waals surface area contributed by atoms with E-state index < -0.39 is 17.4 Å². The summed E-state index contributed by atoms with van der Waals surface area (Å²) in [6.45, 7) is 3.71. The summed E-state index contributed by atoms with van der Waals surface area (Å²) in [7, 11) is 0. The third kappa shape index (κ3) is 3.02. The van der Waals surface area contributed by atoms with Gasteiger partial charge in [0.15, 0.2) is 17.4 Å². The van der Waals surface area contributed by atoms with Gasteiger partial charge >= 0.3 is 0 Å². The van der Waals surface area contributed by atoms with Crippen LogP contribution in [0.3, 0.4) is 0 Å². The first-order valence-electron chi connectivity index (χ1n) is 5.19. The summed E-state index contributed by atoms with van der Waals surface area (Å²) in [5.41, 5.74) is -0.0366. The molecule has 1 atom stereocenters. The Bertz CT molecular complexity index is 354. The second kappa shape index (κ2) is 5.58. The molecule has 0 bridgehead atoms. The molecule has 1 aromatic carbocycles. The highest BCUT2D eigenvalue weighted by Gasteiger charge is 2.15. The standard InChI is InChI=1S/C12H14F2O2/c1-3-4-8(2)16-12-10(13)5-9(7-15)6-11(12)14/h5-8H,3-4H2,1-2H3. The molecule has 0 aromatic heterocycles. The molecule has 0 spiro atoms. The van der Waals surface area contributed by atoms with Crippen molar-refractivity contribution in [2.45, 2.75) is 32.8 Å². The third-order valence-corrected chi connectivity index (χ3v) is 2.17. The molecule has 0 fully saturated rings. The molecule has 0 N–H and O–H groups in total. The van der Waals surface area contributed by atoms with Crippen LogP contribution >= 0.6 is 0 Å². The van der Waals surface area contributed by atoms with Gasteiger partial charge in [0.05, 0.1) is 6.10 Å². The third-order valence-electron chi connectivity index (χ3n) is 2.17. The highest BCUT2D eigenvalue weighted by molar-refractivity contribution is 5.75. The summed E-state index contributed by atoms with van der Waals surface area (Å²) in [6, 6.07) is 1.92. The highest BCUT2D eigenvalue weighted by atomic mass is 19.1. The van der Waals surface area contributed by atoms with Gasteiger partial charge in [0.2, 0.25) is 0 Å². The van der Waals surface area contributed by atoms with Crippen LogP contribution in [0, 0.1) is 11.6 Å². The lowest BCUT2D eigenvalue weighted by Crippen LogP contribution is -2.13. The summed E-state index contributed by atoms with van der Waals surface area (Å²) >= 11 is 0. The molecule has 16 heavy (non-hydrogen) atoms. The summed E-state index contributed by atoms with van der Waals surface area (Å²) in [5.74, 6) is -2.10. The molecule has 0 saturated carbocycles. The molecule has 1 rings (SSSR count). The summed E-state index contributed by atoms with van der Waals surface area (Å²) in [6.07, 6.45) is 1.73. The van der Waals surface area contributed by atoms with E-state index in [1.807, 2.05) is 6.92 Å². The minimum absolute atomic E-state index is 0.0366. The van der Waals surface area contributed by atoms with E-state index in [0.717, 1.165) is 18.6 Å². The van der Waals surface area contributed by atoms with Crippen molar-refractivity contribution in [3.8, 4) is 5.75 Å². The molecule has 0 saturated heterocycles. The van der Waals surface area contributed by atoms with E-state index in [9.17, 15) is 13.6 Å². The second-order valence-electron chi connectivity index (χ2n) is 3.65. The maximum atomic E-state index is 13.4. The van der Waals surface area contributed by atoms with Crippen LogP contribution in [0.4, 0.5) is 8.78 Å².